The van der Waals surface area contributed by atoms with Crippen LogP contribution in [0.15, 0.2) is 42.0 Å². The second kappa shape index (κ2) is 12.6. The van der Waals surface area contributed by atoms with Crippen molar-refractivity contribution in [2.75, 3.05) is 41.7 Å². The fraction of sp³-hybridized carbons (Fsp3) is 0.370. The number of rotatable bonds is 11. The van der Waals surface area contributed by atoms with Gasteiger partial charge in [0.15, 0.2) is 11.5 Å². The van der Waals surface area contributed by atoms with Crippen LogP contribution in [0.5, 0.6) is 23.0 Å². The summed E-state index contributed by atoms with van der Waals surface area (Å²) in [5.74, 6) is 1.82. The molecule has 0 bridgehead atoms. The third kappa shape index (κ3) is 5.84. The lowest BCUT2D eigenvalue weighted by Crippen LogP contribution is -2.09. The predicted octanol–water partition coefficient (Wildman–Crippen LogP) is 5.77. The third-order valence-electron chi connectivity index (χ3n) is 5.12. The molecule has 0 saturated carbocycles. The lowest BCUT2D eigenvalue weighted by molar-refractivity contribution is 0.0525. The second-order valence-electron chi connectivity index (χ2n) is 7.54. The van der Waals surface area contributed by atoms with Crippen molar-refractivity contribution in [1.29, 1.82) is 0 Å². The lowest BCUT2D eigenvalue weighted by atomic mass is 9.97. The van der Waals surface area contributed by atoms with Gasteiger partial charge in [0.05, 0.1) is 40.6 Å². The minimum atomic E-state index is -0.425. The monoisotopic (exact) mass is 470 g/mol. The predicted molar refractivity (Wildman–Crippen MR) is 133 cm³/mol. The average Bonchev–Trinajstić information content (AvgIpc) is 2.83. The van der Waals surface area contributed by atoms with Crippen molar-refractivity contribution in [3.05, 3.63) is 58.7 Å². The third-order valence-corrected chi connectivity index (χ3v) is 5.12. The van der Waals surface area contributed by atoms with E-state index in [4.69, 9.17) is 28.4 Å². The summed E-state index contributed by atoms with van der Waals surface area (Å²) in [6.45, 7) is 8.26. The van der Waals surface area contributed by atoms with Crippen LogP contribution in [0.2, 0.25) is 0 Å². The SMILES string of the molecule is CCOC(=O)c1ccccc1/C(OC)=C(\C)c1cc(OC)c(OCC=C(C)C)c(OC)c1OC. The van der Waals surface area contributed by atoms with Gasteiger partial charge in [-0.25, -0.2) is 4.79 Å². The van der Waals surface area contributed by atoms with Crippen LogP contribution >= 0.6 is 0 Å². The van der Waals surface area contributed by atoms with Gasteiger partial charge in [-0.05, 0) is 45.9 Å². The molecule has 34 heavy (non-hydrogen) atoms. The van der Waals surface area contributed by atoms with E-state index in [-0.39, 0.29) is 6.61 Å². The number of hydrogen-bond acceptors (Lipinski definition) is 7. The summed E-state index contributed by atoms with van der Waals surface area (Å²) in [5.41, 5.74) is 3.51. The Morgan fingerprint density at radius 1 is 0.853 bits per heavy atom. The highest BCUT2D eigenvalue weighted by Crippen LogP contribution is 2.49. The van der Waals surface area contributed by atoms with Crippen molar-refractivity contribution in [3.63, 3.8) is 0 Å². The first-order valence-electron chi connectivity index (χ1n) is 10.9. The number of hydrogen-bond donors (Lipinski definition) is 0. The van der Waals surface area contributed by atoms with E-state index >= 15 is 0 Å². The molecule has 7 nitrogen and oxygen atoms in total. The van der Waals surface area contributed by atoms with Gasteiger partial charge in [0.25, 0.3) is 0 Å². The molecule has 0 unspecified atom stereocenters. The molecule has 2 rings (SSSR count). The lowest BCUT2D eigenvalue weighted by Gasteiger charge is -2.21. The van der Waals surface area contributed by atoms with Crippen LogP contribution in [0.1, 0.15) is 49.2 Å². The Morgan fingerprint density at radius 3 is 2.03 bits per heavy atom. The van der Waals surface area contributed by atoms with Crippen molar-refractivity contribution >= 4 is 17.3 Å². The number of ether oxygens (including phenoxy) is 6. The molecule has 0 fully saturated rings. The van der Waals surface area contributed by atoms with Gasteiger partial charge in [-0.1, -0.05) is 23.8 Å². The maximum atomic E-state index is 12.6. The summed E-state index contributed by atoms with van der Waals surface area (Å²) in [4.78, 5) is 12.6. The molecule has 0 heterocycles. The summed E-state index contributed by atoms with van der Waals surface area (Å²) in [6, 6.07) is 8.94. The van der Waals surface area contributed by atoms with Gasteiger partial charge in [-0.3, -0.25) is 0 Å². The molecule has 0 radical (unpaired) electrons. The highest BCUT2D eigenvalue weighted by Gasteiger charge is 2.26. The number of allylic oxidation sites excluding steroid dienone is 2. The molecule has 0 N–H and O–H groups in total. The van der Waals surface area contributed by atoms with E-state index < -0.39 is 5.97 Å². The van der Waals surface area contributed by atoms with E-state index in [1.54, 1.807) is 53.6 Å². The quantitative estimate of drug-likeness (QED) is 0.179. The molecule has 7 heteroatoms. The molecule has 0 amide bonds. The molecular weight excluding hydrogens is 436 g/mol. The van der Waals surface area contributed by atoms with E-state index in [1.807, 2.05) is 39.0 Å². The molecule has 0 aliphatic rings. The van der Waals surface area contributed by atoms with Gasteiger partial charge in [0.2, 0.25) is 11.5 Å². The van der Waals surface area contributed by atoms with Crippen LogP contribution in [-0.2, 0) is 9.47 Å². The van der Waals surface area contributed by atoms with Crippen LogP contribution in [-0.4, -0.2) is 47.6 Å². The largest absolute Gasteiger partial charge is 0.496 e. The topological polar surface area (TPSA) is 72.5 Å². The minimum Gasteiger partial charge on any atom is -0.496 e. The molecule has 184 valence electrons. The van der Waals surface area contributed by atoms with Crippen LogP contribution in [0.3, 0.4) is 0 Å². The molecule has 2 aromatic rings. The summed E-state index contributed by atoms with van der Waals surface area (Å²) >= 11 is 0. The summed E-state index contributed by atoms with van der Waals surface area (Å²) in [5, 5.41) is 0. The van der Waals surface area contributed by atoms with Crippen molar-refractivity contribution < 1.29 is 33.2 Å². The molecule has 0 aliphatic heterocycles. The summed E-state index contributed by atoms with van der Waals surface area (Å²) in [7, 11) is 6.21. The van der Waals surface area contributed by atoms with Gasteiger partial charge in [-0.2, -0.15) is 0 Å². The number of carbonyl (C=O) groups is 1. The van der Waals surface area contributed by atoms with Gasteiger partial charge in [-0.15, -0.1) is 0 Å². The zero-order valence-electron chi connectivity index (χ0n) is 21.2. The zero-order valence-corrected chi connectivity index (χ0v) is 21.2. The van der Waals surface area contributed by atoms with E-state index in [2.05, 4.69) is 0 Å². The Bertz CT molecular complexity index is 1060. The van der Waals surface area contributed by atoms with Crippen molar-refractivity contribution in [1.82, 2.24) is 0 Å². The standard InChI is InChI=1S/C27H34O7/c1-9-33-27(28)20-13-11-10-12-19(20)23(30-6)18(4)21-16-22(29-5)25(34-15-14-17(2)3)26(32-8)24(21)31-7/h10-14,16H,9,15H2,1-8H3/b23-18-. The van der Waals surface area contributed by atoms with Gasteiger partial charge >= 0.3 is 5.97 Å². The van der Waals surface area contributed by atoms with Gasteiger partial charge in [0, 0.05) is 16.7 Å². The molecule has 0 atom stereocenters. The fourth-order valence-electron chi connectivity index (χ4n) is 3.50. The van der Waals surface area contributed by atoms with Crippen LogP contribution < -0.4 is 18.9 Å². The van der Waals surface area contributed by atoms with E-state index in [9.17, 15) is 4.79 Å². The molecule has 0 spiro atoms. The van der Waals surface area contributed by atoms with Gasteiger partial charge in [0.1, 0.15) is 12.4 Å². The maximum Gasteiger partial charge on any atom is 0.338 e. The highest BCUT2D eigenvalue weighted by molar-refractivity contribution is 5.99. The first-order valence-corrected chi connectivity index (χ1v) is 10.9. The molecule has 0 aromatic heterocycles. The highest BCUT2D eigenvalue weighted by atomic mass is 16.5. The second-order valence-corrected chi connectivity index (χ2v) is 7.54. The van der Waals surface area contributed by atoms with E-state index in [0.29, 0.717) is 57.6 Å². The Balaban J connectivity index is 2.76. The number of carbonyl (C=O) groups excluding carboxylic acids is 1. The average molecular weight is 471 g/mol. The first kappa shape index (κ1) is 26.6. The normalized spacial score (nSPS) is 11.2. The molecule has 0 aliphatic carbocycles. The van der Waals surface area contributed by atoms with Gasteiger partial charge < -0.3 is 28.4 Å². The number of esters is 1. The maximum absolute atomic E-state index is 12.6. The van der Waals surface area contributed by atoms with Crippen molar-refractivity contribution in [3.8, 4) is 23.0 Å². The van der Waals surface area contributed by atoms with Crippen LogP contribution in [0.4, 0.5) is 0 Å². The van der Waals surface area contributed by atoms with Crippen LogP contribution in [0, 0.1) is 0 Å². The molecule has 2 aromatic carbocycles. The Labute approximate surface area is 201 Å². The summed E-state index contributed by atoms with van der Waals surface area (Å²) < 4.78 is 34.0. The molecular formula is C27H34O7. The Hall–Kier alpha value is -3.61. The number of methoxy groups -OCH3 is 4. The van der Waals surface area contributed by atoms with Crippen molar-refractivity contribution in [2.24, 2.45) is 0 Å². The smallest absolute Gasteiger partial charge is 0.338 e. The van der Waals surface area contributed by atoms with Crippen molar-refractivity contribution in [2.45, 2.75) is 27.7 Å². The Kier molecular flexibility index (Phi) is 9.86. The first-order chi connectivity index (χ1) is 16.3. The molecule has 0 saturated heterocycles. The zero-order chi connectivity index (χ0) is 25.3. The van der Waals surface area contributed by atoms with E-state index in [1.165, 1.54) is 0 Å². The van der Waals surface area contributed by atoms with E-state index in [0.717, 1.165) is 5.57 Å². The van der Waals surface area contributed by atoms with Crippen LogP contribution in [0.25, 0.3) is 11.3 Å². The summed E-state index contributed by atoms with van der Waals surface area (Å²) in [6.07, 6.45) is 1.96. The minimum absolute atomic E-state index is 0.272. The fourth-order valence-corrected chi connectivity index (χ4v) is 3.50. The number of benzene rings is 2. The Morgan fingerprint density at radius 2 is 1.50 bits per heavy atom.